The van der Waals surface area contributed by atoms with Crippen LogP contribution in [0.25, 0.3) is 0 Å². The number of aliphatic hydroxyl groups is 1. The second-order valence-corrected chi connectivity index (χ2v) is 3.49. The van der Waals surface area contributed by atoms with Gasteiger partial charge < -0.3 is 5.11 Å². The van der Waals surface area contributed by atoms with Crippen molar-refractivity contribution in [3.8, 4) is 0 Å². The summed E-state index contributed by atoms with van der Waals surface area (Å²) in [5.41, 5.74) is 2.18. The van der Waals surface area contributed by atoms with E-state index >= 15 is 0 Å². The quantitative estimate of drug-likeness (QED) is 0.571. The summed E-state index contributed by atoms with van der Waals surface area (Å²) in [6, 6.07) is 0. The van der Waals surface area contributed by atoms with Crippen molar-refractivity contribution in [2.75, 3.05) is 0 Å². The van der Waals surface area contributed by atoms with Crippen molar-refractivity contribution in [3.05, 3.63) is 24.3 Å². The van der Waals surface area contributed by atoms with Gasteiger partial charge in [0.2, 0.25) is 0 Å². The van der Waals surface area contributed by atoms with Gasteiger partial charge in [-0.1, -0.05) is 18.7 Å². The third-order valence-electron chi connectivity index (χ3n) is 2.49. The molecular weight excluding hydrogens is 136 g/mol. The zero-order valence-electron chi connectivity index (χ0n) is 7.14. The Labute approximate surface area is 68.4 Å². The third kappa shape index (κ3) is 1.93. The van der Waals surface area contributed by atoms with Gasteiger partial charge in [-0.15, -0.1) is 0 Å². The maximum Gasteiger partial charge on any atom is 0.0753 e. The number of hydrogen-bond donors (Lipinski definition) is 1. The molecule has 1 aliphatic rings. The van der Waals surface area contributed by atoms with Crippen LogP contribution in [0.15, 0.2) is 24.3 Å². The molecule has 0 radical (unpaired) electrons. The van der Waals surface area contributed by atoms with Crippen molar-refractivity contribution in [2.45, 2.75) is 32.3 Å². The van der Waals surface area contributed by atoms with E-state index in [-0.39, 0.29) is 6.10 Å². The van der Waals surface area contributed by atoms with Crippen molar-refractivity contribution in [2.24, 2.45) is 5.92 Å². The Bertz CT molecular complexity index is 181. The molecule has 11 heavy (non-hydrogen) atoms. The van der Waals surface area contributed by atoms with Gasteiger partial charge >= 0.3 is 0 Å². The smallest absolute Gasteiger partial charge is 0.0753 e. The standard InChI is InChI=1S/C10H16O/c1-7(2)9-5-4-8(3)10(11)6-9/h9-11H,1,3-6H2,2H3/t9?,10-/m0/s1. The summed E-state index contributed by atoms with van der Waals surface area (Å²) >= 11 is 0. The van der Waals surface area contributed by atoms with Gasteiger partial charge in [0.25, 0.3) is 0 Å². The van der Waals surface area contributed by atoms with E-state index in [0.717, 1.165) is 24.8 Å². The largest absolute Gasteiger partial charge is 0.389 e. The van der Waals surface area contributed by atoms with Gasteiger partial charge in [-0.25, -0.2) is 0 Å². The Balaban J connectivity index is 2.52. The van der Waals surface area contributed by atoms with Gasteiger partial charge in [-0.3, -0.25) is 0 Å². The minimum absolute atomic E-state index is 0.287. The van der Waals surface area contributed by atoms with E-state index in [4.69, 9.17) is 0 Å². The minimum Gasteiger partial charge on any atom is -0.389 e. The van der Waals surface area contributed by atoms with Crippen LogP contribution in [-0.2, 0) is 0 Å². The van der Waals surface area contributed by atoms with Gasteiger partial charge in [0.1, 0.15) is 0 Å². The molecule has 1 fully saturated rings. The van der Waals surface area contributed by atoms with E-state index in [0.29, 0.717) is 5.92 Å². The molecule has 1 aliphatic carbocycles. The summed E-state index contributed by atoms with van der Waals surface area (Å²) < 4.78 is 0. The first-order chi connectivity index (χ1) is 5.11. The van der Waals surface area contributed by atoms with Crippen LogP contribution in [0.4, 0.5) is 0 Å². The summed E-state index contributed by atoms with van der Waals surface area (Å²) in [6.07, 6.45) is 2.61. The van der Waals surface area contributed by atoms with Gasteiger partial charge in [0.15, 0.2) is 0 Å². The fourth-order valence-electron chi connectivity index (χ4n) is 1.53. The van der Waals surface area contributed by atoms with Crippen LogP contribution >= 0.6 is 0 Å². The summed E-state index contributed by atoms with van der Waals surface area (Å²) in [7, 11) is 0. The molecule has 0 aromatic rings. The first kappa shape index (κ1) is 8.54. The lowest BCUT2D eigenvalue weighted by Crippen LogP contribution is -2.22. The van der Waals surface area contributed by atoms with Crippen LogP contribution in [0.5, 0.6) is 0 Å². The Kier molecular flexibility index (Phi) is 2.50. The van der Waals surface area contributed by atoms with Crippen LogP contribution < -0.4 is 0 Å². The number of aliphatic hydroxyl groups excluding tert-OH is 1. The van der Waals surface area contributed by atoms with E-state index in [1.54, 1.807) is 0 Å². The summed E-state index contributed by atoms with van der Waals surface area (Å²) in [6.45, 7) is 9.74. The molecule has 0 heterocycles. The zero-order chi connectivity index (χ0) is 8.43. The average molecular weight is 152 g/mol. The van der Waals surface area contributed by atoms with Crippen LogP contribution in [-0.4, -0.2) is 11.2 Å². The van der Waals surface area contributed by atoms with Crippen LogP contribution in [0.3, 0.4) is 0 Å². The predicted molar refractivity (Wildman–Crippen MR) is 47.3 cm³/mol. The van der Waals surface area contributed by atoms with Crippen molar-refractivity contribution < 1.29 is 5.11 Å². The highest BCUT2D eigenvalue weighted by Gasteiger charge is 2.22. The molecule has 2 atom stereocenters. The lowest BCUT2D eigenvalue weighted by atomic mass is 9.81. The predicted octanol–water partition coefficient (Wildman–Crippen LogP) is 2.28. The molecule has 1 N–H and O–H groups in total. The van der Waals surface area contributed by atoms with Crippen LogP contribution in [0.2, 0.25) is 0 Å². The molecule has 1 heteroatoms. The molecule has 0 amide bonds. The second kappa shape index (κ2) is 3.22. The van der Waals surface area contributed by atoms with E-state index in [1.807, 2.05) is 6.92 Å². The Morgan fingerprint density at radius 3 is 2.73 bits per heavy atom. The third-order valence-corrected chi connectivity index (χ3v) is 2.49. The first-order valence-electron chi connectivity index (χ1n) is 4.12. The molecule has 1 saturated carbocycles. The molecule has 1 rings (SSSR count). The first-order valence-corrected chi connectivity index (χ1v) is 4.12. The Hall–Kier alpha value is -0.560. The average Bonchev–Trinajstić information content (AvgIpc) is 1.94. The molecule has 0 aromatic heterocycles. The molecule has 1 nitrogen and oxygen atoms in total. The van der Waals surface area contributed by atoms with Gasteiger partial charge in [-0.05, 0) is 37.7 Å². The summed E-state index contributed by atoms with van der Waals surface area (Å²) in [5, 5.41) is 9.46. The van der Waals surface area contributed by atoms with Crippen LogP contribution in [0.1, 0.15) is 26.2 Å². The zero-order valence-corrected chi connectivity index (χ0v) is 7.14. The van der Waals surface area contributed by atoms with Crippen molar-refractivity contribution in [1.29, 1.82) is 0 Å². The highest BCUT2D eigenvalue weighted by Crippen LogP contribution is 2.31. The van der Waals surface area contributed by atoms with Gasteiger partial charge in [0.05, 0.1) is 6.10 Å². The topological polar surface area (TPSA) is 20.2 Å². The molecule has 0 saturated heterocycles. The van der Waals surface area contributed by atoms with Crippen LogP contribution in [0, 0.1) is 5.92 Å². The number of hydrogen-bond acceptors (Lipinski definition) is 1. The fraction of sp³-hybridized carbons (Fsp3) is 0.600. The fourth-order valence-corrected chi connectivity index (χ4v) is 1.53. The van der Waals surface area contributed by atoms with E-state index < -0.39 is 0 Å². The van der Waals surface area contributed by atoms with Gasteiger partial charge in [-0.2, -0.15) is 0 Å². The lowest BCUT2D eigenvalue weighted by molar-refractivity contribution is 0.159. The Morgan fingerprint density at radius 2 is 2.27 bits per heavy atom. The Morgan fingerprint density at radius 1 is 1.64 bits per heavy atom. The van der Waals surface area contributed by atoms with E-state index in [1.165, 1.54) is 5.57 Å². The van der Waals surface area contributed by atoms with E-state index in [2.05, 4.69) is 13.2 Å². The summed E-state index contributed by atoms with van der Waals surface area (Å²) in [4.78, 5) is 0. The van der Waals surface area contributed by atoms with Crippen molar-refractivity contribution >= 4 is 0 Å². The molecule has 0 aromatic carbocycles. The maximum absolute atomic E-state index is 9.46. The number of rotatable bonds is 1. The highest BCUT2D eigenvalue weighted by molar-refractivity contribution is 5.11. The minimum atomic E-state index is -0.287. The SMILES string of the molecule is C=C(C)C1CCC(=C)[C@@H](O)C1. The molecular formula is C10H16O. The second-order valence-electron chi connectivity index (χ2n) is 3.49. The normalized spacial score (nSPS) is 32.0. The van der Waals surface area contributed by atoms with Crippen molar-refractivity contribution in [3.63, 3.8) is 0 Å². The van der Waals surface area contributed by atoms with Gasteiger partial charge in [0, 0.05) is 0 Å². The monoisotopic (exact) mass is 152 g/mol. The molecule has 0 spiro atoms. The van der Waals surface area contributed by atoms with E-state index in [9.17, 15) is 5.11 Å². The van der Waals surface area contributed by atoms with Crippen molar-refractivity contribution in [1.82, 2.24) is 0 Å². The molecule has 0 aliphatic heterocycles. The summed E-state index contributed by atoms with van der Waals surface area (Å²) in [5.74, 6) is 0.510. The maximum atomic E-state index is 9.46. The molecule has 1 unspecified atom stereocenters. The molecule has 62 valence electrons. The highest BCUT2D eigenvalue weighted by atomic mass is 16.3. The number of allylic oxidation sites excluding steroid dienone is 1. The lowest BCUT2D eigenvalue weighted by Gasteiger charge is -2.27. The molecule has 0 bridgehead atoms.